The average molecular weight is 255 g/mol. The van der Waals surface area contributed by atoms with Gasteiger partial charge in [-0.15, -0.1) is 0 Å². The van der Waals surface area contributed by atoms with Gasteiger partial charge in [0.05, 0.1) is 0 Å². The van der Waals surface area contributed by atoms with Crippen LogP contribution in [0.15, 0.2) is 48.5 Å². The summed E-state index contributed by atoms with van der Waals surface area (Å²) in [5.41, 5.74) is 3.51. The van der Waals surface area contributed by atoms with Crippen LogP contribution < -0.4 is 5.32 Å². The lowest BCUT2D eigenvalue weighted by atomic mass is 10.0. The number of hydrogen-bond donors (Lipinski definition) is 2. The highest BCUT2D eigenvalue weighted by molar-refractivity contribution is 5.35. The fourth-order valence-electron chi connectivity index (χ4n) is 2.48. The second-order valence-corrected chi connectivity index (χ2v) is 5.03. The average Bonchev–Trinajstić information content (AvgIpc) is 2.39. The predicted octanol–water partition coefficient (Wildman–Crippen LogP) is 4.11. The Balaban J connectivity index is 2.13. The standard InChI is InChI=1S/C17H21NO/c1-12-8-4-5-9-15(12)13(2)18-14(3)16-10-6-7-11-17(16)19/h4-11,13-14,18-19H,1-3H3/t13-,14?/m1/s1. The summed E-state index contributed by atoms with van der Waals surface area (Å²) in [6, 6.07) is 16.2. The van der Waals surface area contributed by atoms with E-state index < -0.39 is 0 Å². The molecule has 0 bridgehead atoms. The van der Waals surface area contributed by atoms with Gasteiger partial charge in [-0.1, -0.05) is 42.5 Å². The maximum absolute atomic E-state index is 9.88. The number of nitrogens with one attached hydrogen (secondary N) is 1. The number of aryl methyl sites for hydroxylation is 1. The van der Waals surface area contributed by atoms with Crippen molar-refractivity contribution in [1.29, 1.82) is 0 Å². The Morgan fingerprint density at radius 1 is 0.842 bits per heavy atom. The SMILES string of the molecule is Cc1ccccc1[C@@H](C)NC(C)c1ccccc1O. The van der Waals surface area contributed by atoms with Crippen molar-refractivity contribution in [2.75, 3.05) is 0 Å². The molecule has 0 aliphatic carbocycles. The minimum atomic E-state index is 0.107. The lowest BCUT2D eigenvalue weighted by Crippen LogP contribution is -2.23. The molecule has 2 aromatic rings. The first-order valence-electron chi connectivity index (χ1n) is 6.69. The molecule has 0 spiro atoms. The maximum atomic E-state index is 9.88. The number of aromatic hydroxyl groups is 1. The lowest BCUT2D eigenvalue weighted by molar-refractivity contribution is 0.438. The van der Waals surface area contributed by atoms with Gasteiger partial charge in [-0.3, -0.25) is 0 Å². The van der Waals surface area contributed by atoms with Crippen molar-refractivity contribution < 1.29 is 5.11 Å². The van der Waals surface area contributed by atoms with Crippen LogP contribution in [0.5, 0.6) is 5.75 Å². The Hall–Kier alpha value is -1.80. The molecule has 2 heteroatoms. The van der Waals surface area contributed by atoms with E-state index in [4.69, 9.17) is 0 Å². The van der Waals surface area contributed by atoms with E-state index in [1.165, 1.54) is 11.1 Å². The molecule has 2 N–H and O–H groups in total. The predicted molar refractivity (Wildman–Crippen MR) is 79.3 cm³/mol. The van der Waals surface area contributed by atoms with Crippen molar-refractivity contribution in [2.24, 2.45) is 0 Å². The molecule has 1 unspecified atom stereocenters. The molecule has 0 radical (unpaired) electrons. The first-order valence-corrected chi connectivity index (χ1v) is 6.69. The minimum Gasteiger partial charge on any atom is -0.508 e. The van der Waals surface area contributed by atoms with Crippen molar-refractivity contribution in [3.8, 4) is 5.75 Å². The smallest absolute Gasteiger partial charge is 0.120 e. The van der Waals surface area contributed by atoms with Crippen molar-refractivity contribution in [3.63, 3.8) is 0 Å². The summed E-state index contributed by atoms with van der Waals surface area (Å²) >= 11 is 0. The molecule has 19 heavy (non-hydrogen) atoms. The Morgan fingerprint density at radius 3 is 2.00 bits per heavy atom. The maximum Gasteiger partial charge on any atom is 0.120 e. The lowest BCUT2D eigenvalue weighted by Gasteiger charge is -2.22. The van der Waals surface area contributed by atoms with E-state index in [0.717, 1.165) is 5.56 Å². The van der Waals surface area contributed by atoms with E-state index in [2.05, 4.69) is 50.4 Å². The third kappa shape index (κ3) is 3.15. The van der Waals surface area contributed by atoms with E-state index in [-0.39, 0.29) is 12.1 Å². The van der Waals surface area contributed by atoms with Gasteiger partial charge in [0.1, 0.15) is 5.75 Å². The third-order valence-electron chi connectivity index (χ3n) is 3.56. The van der Waals surface area contributed by atoms with Gasteiger partial charge in [0.25, 0.3) is 0 Å². The summed E-state index contributed by atoms with van der Waals surface area (Å²) in [5, 5.41) is 13.4. The molecular weight excluding hydrogens is 234 g/mol. The third-order valence-corrected chi connectivity index (χ3v) is 3.56. The Kier molecular flexibility index (Phi) is 4.23. The van der Waals surface area contributed by atoms with Gasteiger partial charge in [0.15, 0.2) is 0 Å². The molecule has 0 saturated heterocycles. The quantitative estimate of drug-likeness (QED) is 0.861. The van der Waals surface area contributed by atoms with Crippen LogP contribution in [0.4, 0.5) is 0 Å². The molecule has 0 fully saturated rings. The van der Waals surface area contributed by atoms with E-state index in [0.29, 0.717) is 5.75 Å². The van der Waals surface area contributed by atoms with E-state index in [9.17, 15) is 5.11 Å². The molecular formula is C17H21NO. The van der Waals surface area contributed by atoms with Gasteiger partial charge in [0, 0.05) is 17.6 Å². The molecule has 100 valence electrons. The Morgan fingerprint density at radius 2 is 1.37 bits per heavy atom. The zero-order valence-corrected chi connectivity index (χ0v) is 11.7. The van der Waals surface area contributed by atoms with Gasteiger partial charge >= 0.3 is 0 Å². The second-order valence-electron chi connectivity index (χ2n) is 5.03. The minimum absolute atomic E-state index is 0.107. The molecule has 2 atom stereocenters. The van der Waals surface area contributed by atoms with E-state index in [1.54, 1.807) is 6.07 Å². The van der Waals surface area contributed by atoms with Crippen LogP contribution in [0.25, 0.3) is 0 Å². The topological polar surface area (TPSA) is 32.3 Å². The van der Waals surface area contributed by atoms with Crippen molar-refractivity contribution in [3.05, 3.63) is 65.2 Å². The zero-order chi connectivity index (χ0) is 13.8. The number of phenolic OH excluding ortho intramolecular Hbond substituents is 1. The van der Waals surface area contributed by atoms with Gasteiger partial charge in [-0.2, -0.15) is 0 Å². The molecule has 2 aromatic carbocycles. The van der Waals surface area contributed by atoms with E-state index in [1.807, 2.05) is 18.2 Å². The summed E-state index contributed by atoms with van der Waals surface area (Å²) < 4.78 is 0. The number of para-hydroxylation sites is 1. The van der Waals surface area contributed by atoms with Crippen LogP contribution in [0.1, 0.15) is 42.6 Å². The first-order chi connectivity index (χ1) is 9.09. The summed E-state index contributed by atoms with van der Waals surface area (Å²) in [7, 11) is 0. The van der Waals surface area contributed by atoms with Gasteiger partial charge in [-0.05, 0) is 38.0 Å². The molecule has 0 heterocycles. The number of rotatable bonds is 4. The van der Waals surface area contributed by atoms with Crippen LogP contribution in [0.3, 0.4) is 0 Å². The Labute approximate surface area is 115 Å². The summed E-state index contributed by atoms with van der Waals surface area (Å²) in [5.74, 6) is 0.347. The molecule has 0 aromatic heterocycles. The molecule has 2 rings (SSSR count). The van der Waals surface area contributed by atoms with Gasteiger partial charge in [-0.25, -0.2) is 0 Å². The molecule has 0 amide bonds. The summed E-state index contributed by atoms with van der Waals surface area (Å²) in [6.07, 6.45) is 0. The number of hydrogen-bond acceptors (Lipinski definition) is 2. The van der Waals surface area contributed by atoms with Crippen LogP contribution in [-0.2, 0) is 0 Å². The fourth-order valence-corrected chi connectivity index (χ4v) is 2.48. The van der Waals surface area contributed by atoms with Crippen molar-refractivity contribution >= 4 is 0 Å². The van der Waals surface area contributed by atoms with Gasteiger partial charge < -0.3 is 10.4 Å². The second kappa shape index (κ2) is 5.89. The monoisotopic (exact) mass is 255 g/mol. The van der Waals surface area contributed by atoms with Crippen LogP contribution in [0, 0.1) is 6.92 Å². The summed E-state index contributed by atoms with van der Waals surface area (Å²) in [4.78, 5) is 0. The van der Waals surface area contributed by atoms with Crippen LogP contribution in [0.2, 0.25) is 0 Å². The van der Waals surface area contributed by atoms with E-state index >= 15 is 0 Å². The first kappa shape index (κ1) is 13.6. The summed E-state index contributed by atoms with van der Waals surface area (Å²) in [6.45, 7) is 6.35. The molecule has 0 aliphatic heterocycles. The largest absolute Gasteiger partial charge is 0.508 e. The fraction of sp³-hybridized carbons (Fsp3) is 0.294. The molecule has 0 saturated carbocycles. The Bertz CT molecular complexity index is 501. The van der Waals surface area contributed by atoms with Crippen molar-refractivity contribution in [2.45, 2.75) is 32.9 Å². The highest BCUT2D eigenvalue weighted by Crippen LogP contribution is 2.26. The number of phenols is 1. The van der Waals surface area contributed by atoms with Crippen molar-refractivity contribution in [1.82, 2.24) is 5.32 Å². The number of benzene rings is 2. The zero-order valence-electron chi connectivity index (χ0n) is 11.7. The normalized spacial score (nSPS) is 14.1. The van der Waals surface area contributed by atoms with Crippen LogP contribution in [-0.4, -0.2) is 5.11 Å². The van der Waals surface area contributed by atoms with Gasteiger partial charge in [0.2, 0.25) is 0 Å². The highest BCUT2D eigenvalue weighted by Gasteiger charge is 2.14. The molecule has 2 nitrogen and oxygen atoms in total. The van der Waals surface area contributed by atoms with Crippen LogP contribution >= 0.6 is 0 Å². The highest BCUT2D eigenvalue weighted by atomic mass is 16.3. The molecule has 0 aliphatic rings.